The molecule has 41 heavy (non-hydrogen) atoms. The molecular formula is C32H32N6O3. The number of alkyl carbamates (subject to hydrolysis) is 1. The van der Waals surface area contributed by atoms with Crippen LogP contribution in [-0.4, -0.2) is 56.5 Å². The van der Waals surface area contributed by atoms with Gasteiger partial charge in [0.15, 0.2) is 0 Å². The van der Waals surface area contributed by atoms with Crippen molar-refractivity contribution in [3.63, 3.8) is 0 Å². The summed E-state index contributed by atoms with van der Waals surface area (Å²) in [6, 6.07) is 19.8. The first-order valence-corrected chi connectivity index (χ1v) is 13.7. The molecule has 2 atom stereocenters. The van der Waals surface area contributed by atoms with E-state index in [1.54, 1.807) is 11.2 Å². The van der Waals surface area contributed by atoms with Crippen molar-refractivity contribution in [2.75, 3.05) is 13.7 Å². The molecular weight excluding hydrogens is 516 g/mol. The van der Waals surface area contributed by atoms with Crippen LogP contribution in [0.2, 0.25) is 0 Å². The lowest BCUT2D eigenvalue weighted by Crippen LogP contribution is -2.51. The van der Waals surface area contributed by atoms with Crippen LogP contribution in [0.5, 0.6) is 0 Å². The van der Waals surface area contributed by atoms with Gasteiger partial charge >= 0.3 is 6.09 Å². The van der Waals surface area contributed by atoms with Crippen LogP contribution in [0.1, 0.15) is 32.1 Å². The number of benzene rings is 3. The molecule has 0 saturated carbocycles. The van der Waals surface area contributed by atoms with E-state index in [0.717, 1.165) is 49.9 Å². The maximum Gasteiger partial charge on any atom is 0.407 e. The Bertz CT molecular complexity index is 1770. The minimum atomic E-state index is -0.712. The minimum absolute atomic E-state index is 0.117. The highest BCUT2D eigenvalue weighted by atomic mass is 16.5. The van der Waals surface area contributed by atoms with Crippen molar-refractivity contribution >= 4 is 34.1 Å². The van der Waals surface area contributed by atoms with Gasteiger partial charge in [0.1, 0.15) is 11.9 Å². The molecule has 3 aromatic carbocycles. The third-order valence-electron chi connectivity index (χ3n) is 7.71. The zero-order valence-electron chi connectivity index (χ0n) is 23.3. The molecule has 6 rings (SSSR count). The summed E-state index contributed by atoms with van der Waals surface area (Å²) < 4.78 is 4.74. The fraction of sp³-hybridized carbons (Fsp3) is 0.250. The zero-order chi connectivity index (χ0) is 28.7. The lowest BCUT2D eigenvalue weighted by Gasteiger charge is -2.29. The molecule has 5 aromatic rings. The highest BCUT2D eigenvalue weighted by Crippen LogP contribution is 2.36. The number of carbonyl (C=O) groups excluding carboxylic acids is 2. The number of nitrogens with one attached hydrogen (secondary N) is 3. The summed E-state index contributed by atoms with van der Waals surface area (Å²) in [6.45, 7) is 8.34. The summed E-state index contributed by atoms with van der Waals surface area (Å²) in [5.41, 5.74) is 9.03. The molecule has 2 amide bonds. The summed E-state index contributed by atoms with van der Waals surface area (Å²) in [5.74, 6) is 0.408. The molecule has 1 aliphatic heterocycles. The van der Waals surface area contributed by atoms with Gasteiger partial charge in [-0.3, -0.25) is 4.79 Å². The van der Waals surface area contributed by atoms with E-state index < -0.39 is 12.1 Å². The third-order valence-corrected chi connectivity index (χ3v) is 7.71. The molecule has 0 unspecified atom stereocenters. The molecule has 0 radical (unpaired) electrons. The Balaban J connectivity index is 1.25. The van der Waals surface area contributed by atoms with Crippen molar-refractivity contribution in [1.82, 2.24) is 30.2 Å². The van der Waals surface area contributed by atoms with E-state index in [0.29, 0.717) is 18.8 Å². The Morgan fingerprint density at radius 2 is 1.61 bits per heavy atom. The summed E-state index contributed by atoms with van der Waals surface area (Å²) in [5, 5.41) is 2.69. The van der Waals surface area contributed by atoms with E-state index in [9.17, 15) is 9.59 Å². The number of nitrogens with zero attached hydrogens (tertiary/aromatic N) is 3. The van der Waals surface area contributed by atoms with Crippen LogP contribution >= 0.6 is 0 Å². The Labute approximate surface area is 237 Å². The van der Waals surface area contributed by atoms with Gasteiger partial charge < -0.3 is 24.9 Å². The van der Waals surface area contributed by atoms with Crippen molar-refractivity contribution in [2.45, 2.75) is 32.4 Å². The number of carbonyl (C=O) groups is 2. The molecule has 0 bridgehead atoms. The molecule has 1 fully saturated rings. The van der Waals surface area contributed by atoms with Gasteiger partial charge in [0, 0.05) is 6.54 Å². The maximum absolute atomic E-state index is 13.6. The summed E-state index contributed by atoms with van der Waals surface area (Å²) in [6.07, 6.45) is 1.68. The standard InChI is InChI=1S/C32H32N6O3/c1-18(2)29(37-32(40)41-4)31(39)38-16-19(3)13-28(38)30-35-25-12-10-23(15-27(25)36-30)21-7-5-20(6-8-21)22-9-11-24-26(14-22)34-17-33-24/h5-12,14-15,17-18,28-29H,3,13,16H2,1-2,4H3,(H,33,34)(H,35,36)(H,37,40)/t28-,29-/m0/s1. The first-order valence-electron chi connectivity index (χ1n) is 13.7. The number of hydrogen-bond acceptors (Lipinski definition) is 5. The predicted octanol–water partition coefficient (Wildman–Crippen LogP) is 5.98. The number of imidazole rings is 2. The number of aromatic nitrogens is 4. The van der Waals surface area contributed by atoms with Gasteiger partial charge in [-0.05, 0) is 58.9 Å². The monoisotopic (exact) mass is 548 g/mol. The van der Waals surface area contributed by atoms with Crippen molar-refractivity contribution in [2.24, 2.45) is 5.92 Å². The second-order valence-electron chi connectivity index (χ2n) is 10.9. The topological polar surface area (TPSA) is 116 Å². The van der Waals surface area contributed by atoms with Gasteiger partial charge in [-0.1, -0.05) is 62.4 Å². The van der Waals surface area contributed by atoms with Crippen LogP contribution in [-0.2, 0) is 9.53 Å². The van der Waals surface area contributed by atoms with Crippen LogP contribution in [0.4, 0.5) is 4.79 Å². The first-order chi connectivity index (χ1) is 19.8. The second-order valence-corrected chi connectivity index (χ2v) is 10.9. The van der Waals surface area contributed by atoms with Crippen LogP contribution < -0.4 is 5.32 Å². The summed E-state index contributed by atoms with van der Waals surface area (Å²) in [4.78, 5) is 43.0. The van der Waals surface area contributed by atoms with Crippen molar-refractivity contribution in [1.29, 1.82) is 0 Å². The largest absolute Gasteiger partial charge is 0.453 e. The highest BCUT2D eigenvalue weighted by Gasteiger charge is 2.38. The number of likely N-dealkylation sites (tertiary alicyclic amines) is 1. The van der Waals surface area contributed by atoms with Crippen molar-refractivity contribution in [3.05, 3.63) is 85.0 Å². The van der Waals surface area contributed by atoms with Gasteiger partial charge in [0.25, 0.3) is 0 Å². The minimum Gasteiger partial charge on any atom is -0.453 e. The highest BCUT2D eigenvalue weighted by molar-refractivity contribution is 5.87. The molecule has 208 valence electrons. The van der Waals surface area contributed by atoms with Gasteiger partial charge in [-0.2, -0.15) is 0 Å². The normalized spacial score (nSPS) is 16.0. The molecule has 0 spiro atoms. The number of aromatic amines is 2. The Morgan fingerprint density at radius 1 is 0.976 bits per heavy atom. The number of methoxy groups -OCH3 is 1. The van der Waals surface area contributed by atoms with Gasteiger partial charge in [-0.25, -0.2) is 14.8 Å². The molecule has 9 nitrogen and oxygen atoms in total. The molecule has 9 heteroatoms. The lowest BCUT2D eigenvalue weighted by atomic mass is 10.00. The number of hydrogen-bond donors (Lipinski definition) is 3. The summed E-state index contributed by atoms with van der Waals surface area (Å²) in [7, 11) is 1.29. The quantitative estimate of drug-likeness (QED) is 0.226. The van der Waals surface area contributed by atoms with Gasteiger partial charge in [0.2, 0.25) is 5.91 Å². The number of rotatable bonds is 6. The van der Waals surface area contributed by atoms with E-state index in [1.165, 1.54) is 7.11 Å². The van der Waals surface area contributed by atoms with Crippen LogP contribution in [0, 0.1) is 5.92 Å². The van der Waals surface area contributed by atoms with E-state index in [4.69, 9.17) is 9.72 Å². The second kappa shape index (κ2) is 10.6. The fourth-order valence-electron chi connectivity index (χ4n) is 5.49. The molecule has 3 heterocycles. The SMILES string of the molecule is C=C1C[C@@H](c2nc3ccc(-c4ccc(-c5ccc6nc[nH]c6c5)cc4)cc3[nH]2)N(C(=O)[C@@H](NC(=O)OC)C(C)C)C1. The smallest absolute Gasteiger partial charge is 0.407 e. The van der Waals surface area contributed by atoms with E-state index >= 15 is 0 Å². The molecule has 0 aliphatic carbocycles. The lowest BCUT2D eigenvalue weighted by molar-refractivity contribution is -0.135. The van der Waals surface area contributed by atoms with E-state index in [-0.39, 0.29) is 17.9 Å². The number of amides is 2. The van der Waals surface area contributed by atoms with Crippen molar-refractivity contribution < 1.29 is 14.3 Å². The Hall–Kier alpha value is -4.92. The van der Waals surface area contributed by atoms with Crippen molar-refractivity contribution in [3.8, 4) is 22.3 Å². The number of H-pyrrole nitrogens is 2. The first kappa shape index (κ1) is 26.3. The molecule has 1 saturated heterocycles. The summed E-state index contributed by atoms with van der Waals surface area (Å²) >= 11 is 0. The molecule has 3 N–H and O–H groups in total. The van der Waals surface area contributed by atoms with Crippen LogP contribution in [0.3, 0.4) is 0 Å². The van der Waals surface area contributed by atoms with Gasteiger partial charge in [0.05, 0.1) is 41.5 Å². The van der Waals surface area contributed by atoms with Gasteiger partial charge in [-0.15, -0.1) is 0 Å². The van der Waals surface area contributed by atoms with E-state index in [1.807, 2.05) is 26.0 Å². The number of fused-ring (bicyclic) bond motifs is 2. The zero-order valence-corrected chi connectivity index (χ0v) is 23.3. The Morgan fingerprint density at radius 3 is 2.27 bits per heavy atom. The molecule has 2 aromatic heterocycles. The van der Waals surface area contributed by atoms with E-state index in [2.05, 4.69) is 75.4 Å². The predicted molar refractivity (Wildman–Crippen MR) is 159 cm³/mol. The molecule has 1 aliphatic rings. The third kappa shape index (κ3) is 5.06. The maximum atomic E-state index is 13.6. The number of ether oxygens (including phenoxy) is 1. The average molecular weight is 549 g/mol. The Kier molecular flexibility index (Phi) is 6.78. The fourth-order valence-corrected chi connectivity index (χ4v) is 5.49. The average Bonchev–Trinajstić information content (AvgIpc) is 3.72. The van der Waals surface area contributed by atoms with Crippen LogP contribution in [0.25, 0.3) is 44.3 Å². The van der Waals surface area contributed by atoms with Crippen LogP contribution in [0.15, 0.2) is 79.1 Å².